The summed E-state index contributed by atoms with van der Waals surface area (Å²) >= 11 is 0. The summed E-state index contributed by atoms with van der Waals surface area (Å²) in [4.78, 5) is 16.6. The van der Waals surface area contributed by atoms with Crippen molar-refractivity contribution >= 4 is 35.6 Å². The van der Waals surface area contributed by atoms with Gasteiger partial charge < -0.3 is 15.0 Å². The molecule has 0 aliphatic rings. The van der Waals surface area contributed by atoms with Gasteiger partial charge in [0.2, 0.25) is 0 Å². The van der Waals surface area contributed by atoms with Crippen molar-refractivity contribution in [1.82, 2.24) is 10.2 Å². The van der Waals surface area contributed by atoms with Crippen molar-refractivity contribution in [2.75, 3.05) is 21.2 Å². The van der Waals surface area contributed by atoms with E-state index in [0.717, 1.165) is 22.8 Å². The quantitative estimate of drug-likeness (QED) is 0.230. The first-order valence-corrected chi connectivity index (χ1v) is 7.82. The van der Waals surface area contributed by atoms with Gasteiger partial charge >= 0.3 is 0 Å². The van der Waals surface area contributed by atoms with Crippen LogP contribution in [-0.4, -0.2) is 37.0 Å². The van der Waals surface area contributed by atoms with Gasteiger partial charge in [0.1, 0.15) is 5.75 Å². The molecule has 0 heterocycles. The number of halogens is 1. The van der Waals surface area contributed by atoms with Crippen LogP contribution in [0.3, 0.4) is 0 Å². The number of nitro benzene ring substituents is 1. The third kappa shape index (κ3) is 5.87. The van der Waals surface area contributed by atoms with E-state index in [2.05, 4.69) is 10.3 Å². The van der Waals surface area contributed by atoms with Crippen LogP contribution in [0.4, 0.5) is 5.69 Å². The Morgan fingerprint density at radius 3 is 2.46 bits per heavy atom. The van der Waals surface area contributed by atoms with Crippen LogP contribution in [0.5, 0.6) is 5.75 Å². The highest BCUT2D eigenvalue weighted by Crippen LogP contribution is 2.18. The van der Waals surface area contributed by atoms with Gasteiger partial charge in [0, 0.05) is 44.9 Å². The summed E-state index contributed by atoms with van der Waals surface area (Å²) in [5, 5.41) is 14.0. The molecule has 8 heteroatoms. The minimum atomic E-state index is -0.406. The second-order valence-corrected chi connectivity index (χ2v) is 5.49. The lowest BCUT2D eigenvalue weighted by atomic mass is 10.2. The summed E-state index contributed by atoms with van der Waals surface area (Å²) in [5.74, 6) is 1.56. The number of non-ortho nitro benzene ring substituents is 1. The van der Waals surface area contributed by atoms with E-state index < -0.39 is 4.92 Å². The second-order valence-electron chi connectivity index (χ2n) is 5.49. The first-order valence-electron chi connectivity index (χ1n) is 7.82. The smallest absolute Gasteiger partial charge is 0.269 e. The largest absolute Gasteiger partial charge is 0.496 e. The number of ether oxygens (including phenoxy) is 1. The molecule has 7 nitrogen and oxygen atoms in total. The van der Waals surface area contributed by atoms with Gasteiger partial charge in [-0.05, 0) is 11.6 Å². The van der Waals surface area contributed by atoms with Crippen molar-refractivity contribution in [2.24, 2.45) is 4.99 Å². The van der Waals surface area contributed by atoms with Gasteiger partial charge in [0.05, 0.1) is 12.0 Å². The van der Waals surface area contributed by atoms with E-state index in [1.807, 2.05) is 36.2 Å². The molecular weight excluding hydrogens is 447 g/mol. The van der Waals surface area contributed by atoms with Crippen LogP contribution in [0.15, 0.2) is 53.5 Å². The van der Waals surface area contributed by atoms with Crippen LogP contribution in [0, 0.1) is 10.1 Å². The maximum absolute atomic E-state index is 10.7. The molecule has 0 aromatic heterocycles. The number of guanidine groups is 1. The molecule has 0 bridgehead atoms. The molecule has 0 amide bonds. The summed E-state index contributed by atoms with van der Waals surface area (Å²) < 4.78 is 5.38. The number of rotatable bonds is 6. The average Bonchev–Trinajstić information content (AvgIpc) is 2.63. The number of nitrogens with zero attached hydrogens (tertiary/aromatic N) is 3. The van der Waals surface area contributed by atoms with Gasteiger partial charge in [-0.3, -0.25) is 15.1 Å². The second kappa shape index (κ2) is 10.6. The highest BCUT2D eigenvalue weighted by atomic mass is 127. The van der Waals surface area contributed by atoms with Crippen molar-refractivity contribution in [3.05, 3.63) is 69.8 Å². The van der Waals surface area contributed by atoms with Gasteiger partial charge in [-0.1, -0.05) is 30.3 Å². The standard InChI is InChI=1S/C18H22N4O3.HI/c1-19-18(20-12-14-8-10-16(11-9-14)22(23)24)21(2)13-15-6-4-5-7-17(15)25-3;/h4-11H,12-13H2,1-3H3,(H,19,20);1H. The zero-order chi connectivity index (χ0) is 18.2. The Kier molecular flexibility index (Phi) is 8.83. The molecule has 0 fully saturated rings. The summed E-state index contributed by atoms with van der Waals surface area (Å²) in [5.41, 5.74) is 2.09. The first-order chi connectivity index (χ1) is 12.0. The predicted octanol–water partition coefficient (Wildman–Crippen LogP) is 3.43. The Hall–Kier alpha value is -2.36. The normalized spacial score (nSPS) is 10.7. The molecule has 26 heavy (non-hydrogen) atoms. The van der Waals surface area contributed by atoms with Gasteiger partial charge in [0.15, 0.2) is 5.96 Å². The molecule has 0 radical (unpaired) electrons. The number of hydrogen-bond acceptors (Lipinski definition) is 4. The molecule has 140 valence electrons. The fraction of sp³-hybridized carbons (Fsp3) is 0.278. The number of nitro groups is 1. The van der Waals surface area contributed by atoms with Gasteiger partial charge in [0.25, 0.3) is 5.69 Å². The zero-order valence-corrected chi connectivity index (χ0v) is 17.3. The van der Waals surface area contributed by atoms with Crippen LogP contribution in [0.1, 0.15) is 11.1 Å². The fourth-order valence-corrected chi connectivity index (χ4v) is 2.47. The third-order valence-electron chi connectivity index (χ3n) is 3.77. The molecular formula is C18H23IN4O3. The zero-order valence-electron chi connectivity index (χ0n) is 15.0. The summed E-state index contributed by atoms with van der Waals surface area (Å²) in [6.07, 6.45) is 0. The lowest BCUT2D eigenvalue weighted by molar-refractivity contribution is -0.384. The lowest BCUT2D eigenvalue weighted by Gasteiger charge is -2.23. The summed E-state index contributed by atoms with van der Waals surface area (Å²) in [7, 11) is 5.31. The number of hydrogen-bond donors (Lipinski definition) is 1. The van der Waals surface area contributed by atoms with Gasteiger partial charge in [-0.2, -0.15) is 0 Å². The van der Waals surface area contributed by atoms with Crippen molar-refractivity contribution in [3.8, 4) is 5.75 Å². The Morgan fingerprint density at radius 2 is 1.88 bits per heavy atom. The number of nitrogens with one attached hydrogen (secondary N) is 1. The highest BCUT2D eigenvalue weighted by molar-refractivity contribution is 14.0. The molecule has 2 aromatic carbocycles. The molecule has 0 aliphatic heterocycles. The van der Waals surface area contributed by atoms with Crippen LogP contribution in [0.2, 0.25) is 0 Å². The average molecular weight is 470 g/mol. The molecule has 0 saturated heterocycles. The van der Waals surface area contributed by atoms with Crippen LogP contribution in [0.25, 0.3) is 0 Å². The number of para-hydroxylation sites is 1. The van der Waals surface area contributed by atoms with Gasteiger partial charge in [-0.15, -0.1) is 24.0 Å². The SMILES string of the molecule is CN=C(NCc1ccc([N+](=O)[O-])cc1)N(C)Cc1ccccc1OC.I. The van der Waals surface area contributed by atoms with E-state index >= 15 is 0 Å². The van der Waals surface area contributed by atoms with E-state index in [0.29, 0.717) is 13.1 Å². The van der Waals surface area contributed by atoms with E-state index in [9.17, 15) is 10.1 Å². The Morgan fingerprint density at radius 1 is 1.23 bits per heavy atom. The minimum Gasteiger partial charge on any atom is -0.496 e. The molecule has 1 N–H and O–H groups in total. The number of aliphatic imine (C=N–C) groups is 1. The lowest BCUT2D eigenvalue weighted by Crippen LogP contribution is -2.38. The Balaban J connectivity index is 0.00000338. The predicted molar refractivity (Wildman–Crippen MR) is 113 cm³/mol. The van der Waals surface area contributed by atoms with Gasteiger partial charge in [-0.25, -0.2) is 0 Å². The van der Waals surface area contributed by atoms with Crippen molar-refractivity contribution < 1.29 is 9.66 Å². The topological polar surface area (TPSA) is 80.0 Å². The molecule has 2 aromatic rings. The summed E-state index contributed by atoms with van der Waals surface area (Å²) in [6.45, 7) is 1.17. The number of methoxy groups -OCH3 is 1. The third-order valence-corrected chi connectivity index (χ3v) is 3.77. The molecule has 0 unspecified atom stereocenters. The van der Waals surface area contributed by atoms with Crippen LogP contribution >= 0.6 is 24.0 Å². The maximum atomic E-state index is 10.7. The Bertz CT molecular complexity index is 750. The Labute approximate surface area is 170 Å². The van der Waals surface area contributed by atoms with Crippen molar-refractivity contribution in [3.63, 3.8) is 0 Å². The molecule has 0 aliphatic carbocycles. The van der Waals surface area contributed by atoms with E-state index in [-0.39, 0.29) is 29.7 Å². The summed E-state index contributed by atoms with van der Waals surface area (Å²) in [6, 6.07) is 14.3. The maximum Gasteiger partial charge on any atom is 0.269 e. The minimum absolute atomic E-state index is 0. The highest BCUT2D eigenvalue weighted by Gasteiger charge is 2.10. The van der Waals surface area contributed by atoms with Crippen LogP contribution < -0.4 is 10.1 Å². The first kappa shape index (κ1) is 21.7. The van der Waals surface area contributed by atoms with E-state index in [1.54, 1.807) is 26.3 Å². The number of benzene rings is 2. The monoisotopic (exact) mass is 470 g/mol. The molecule has 0 atom stereocenters. The molecule has 0 spiro atoms. The molecule has 0 saturated carbocycles. The molecule has 2 rings (SSSR count). The van der Waals surface area contributed by atoms with E-state index in [1.165, 1.54) is 12.1 Å². The fourth-order valence-electron chi connectivity index (χ4n) is 2.47. The van der Waals surface area contributed by atoms with Crippen molar-refractivity contribution in [2.45, 2.75) is 13.1 Å². The van der Waals surface area contributed by atoms with Crippen LogP contribution in [-0.2, 0) is 13.1 Å². The van der Waals surface area contributed by atoms with E-state index in [4.69, 9.17) is 4.74 Å². The van der Waals surface area contributed by atoms with Crippen molar-refractivity contribution in [1.29, 1.82) is 0 Å².